The number of tetrazole rings is 1. The average Bonchev–Trinajstić information content (AvgIpc) is 3.16. The van der Waals surface area contributed by atoms with Crippen molar-refractivity contribution < 1.29 is 4.74 Å². The first kappa shape index (κ1) is 15.4. The zero-order chi connectivity index (χ0) is 17.2. The second-order valence-corrected chi connectivity index (χ2v) is 5.92. The van der Waals surface area contributed by atoms with Crippen LogP contribution >= 0.6 is 0 Å². The number of aromatic nitrogens is 4. The van der Waals surface area contributed by atoms with Gasteiger partial charge in [-0.25, -0.2) is 0 Å². The normalized spacial score (nSPS) is 15.9. The molecule has 126 valence electrons. The molecule has 1 N–H and O–H groups in total. The lowest BCUT2D eigenvalue weighted by Gasteiger charge is -2.23. The molecule has 1 atom stereocenters. The number of benzene rings is 2. The Balaban J connectivity index is 1.77. The molecule has 0 saturated carbocycles. The predicted octanol–water partition coefficient (Wildman–Crippen LogP) is 3.30. The van der Waals surface area contributed by atoms with Crippen LogP contribution in [-0.4, -0.2) is 27.3 Å². The smallest absolute Gasteiger partial charge is 0.248 e. The van der Waals surface area contributed by atoms with Crippen molar-refractivity contribution >= 4 is 11.6 Å². The van der Waals surface area contributed by atoms with Gasteiger partial charge in [0.25, 0.3) is 0 Å². The zero-order valence-corrected chi connectivity index (χ0v) is 14.2. The summed E-state index contributed by atoms with van der Waals surface area (Å²) in [6.45, 7) is 2.15. The summed E-state index contributed by atoms with van der Waals surface area (Å²) >= 11 is 0. The van der Waals surface area contributed by atoms with Crippen molar-refractivity contribution in [2.75, 3.05) is 12.4 Å². The summed E-state index contributed by atoms with van der Waals surface area (Å²) in [6, 6.07) is 16.4. The Bertz CT molecular complexity index is 914. The van der Waals surface area contributed by atoms with E-state index in [0.29, 0.717) is 5.95 Å². The minimum Gasteiger partial charge on any atom is -0.497 e. The highest BCUT2D eigenvalue weighted by Crippen LogP contribution is 2.32. The van der Waals surface area contributed by atoms with Crippen LogP contribution in [0.1, 0.15) is 29.7 Å². The van der Waals surface area contributed by atoms with Gasteiger partial charge >= 0.3 is 0 Å². The van der Waals surface area contributed by atoms with Crippen LogP contribution in [-0.2, 0) is 6.42 Å². The van der Waals surface area contributed by atoms with Crippen LogP contribution in [0, 0.1) is 0 Å². The van der Waals surface area contributed by atoms with E-state index in [1.54, 1.807) is 11.8 Å². The molecule has 0 amide bonds. The third-order valence-corrected chi connectivity index (χ3v) is 4.44. The Labute approximate surface area is 146 Å². The number of rotatable bonds is 4. The van der Waals surface area contributed by atoms with E-state index < -0.39 is 0 Å². The standard InChI is InChI=1S/C19H19N5O/c1-3-13-7-9-14(10-8-13)17-12-18(24-19(20-17)21-22-23-24)15-5-4-6-16(11-15)25-2/h4-12,18H,3H2,1-2H3,(H,20,21,23)/t18-/m0/s1. The van der Waals surface area contributed by atoms with Crippen LogP contribution in [0.15, 0.2) is 54.6 Å². The minimum absolute atomic E-state index is 0.0952. The molecule has 1 aliphatic rings. The summed E-state index contributed by atoms with van der Waals surface area (Å²) in [5.74, 6) is 1.44. The number of allylic oxidation sites excluding steroid dienone is 1. The molecule has 0 fully saturated rings. The molecule has 1 aromatic heterocycles. The third kappa shape index (κ3) is 2.87. The molecular formula is C19H19N5O. The van der Waals surface area contributed by atoms with Gasteiger partial charge in [-0.2, -0.15) is 4.68 Å². The molecule has 0 saturated heterocycles. The largest absolute Gasteiger partial charge is 0.497 e. The van der Waals surface area contributed by atoms with Crippen molar-refractivity contribution in [2.24, 2.45) is 0 Å². The first-order valence-electron chi connectivity index (χ1n) is 8.28. The van der Waals surface area contributed by atoms with E-state index in [0.717, 1.165) is 29.0 Å². The molecule has 0 unspecified atom stereocenters. The molecule has 2 aromatic carbocycles. The molecular weight excluding hydrogens is 314 g/mol. The number of nitrogens with one attached hydrogen (secondary N) is 1. The quantitative estimate of drug-likeness (QED) is 0.793. The van der Waals surface area contributed by atoms with E-state index in [4.69, 9.17) is 4.74 Å². The number of nitrogens with zero attached hydrogens (tertiary/aromatic N) is 4. The summed E-state index contributed by atoms with van der Waals surface area (Å²) in [5.41, 5.74) is 4.49. The number of anilines is 1. The van der Waals surface area contributed by atoms with Gasteiger partial charge in [0.05, 0.1) is 7.11 Å². The Hall–Kier alpha value is -3.15. The zero-order valence-electron chi connectivity index (χ0n) is 14.2. The van der Waals surface area contributed by atoms with Crippen molar-refractivity contribution in [2.45, 2.75) is 19.4 Å². The van der Waals surface area contributed by atoms with Gasteiger partial charge in [-0.15, -0.1) is 0 Å². The number of hydrogen-bond donors (Lipinski definition) is 1. The maximum atomic E-state index is 5.35. The summed E-state index contributed by atoms with van der Waals surface area (Å²) in [5, 5.41) is 15.4. The third-order valence-electron chi connectivity index (χ3n) is 4.44. The molecule has 0 bridgehead atoms. The molecule has 1 aliphatic heterocycles. The van der Waals surface area contributed by atoms with E-state index in [1.807, 2.05) is 18.2 Å². The van der Waals surface area contributed by atoms with Crippen LogP contribution in [0.3, 0.4) is 0 Å². The summed E-state index contributed by atoms with van der Waals surface area (Å²) < 4.78 is 7.13. The van der Waals surface area contributed by atoms with E-state index in [1.165, 1.54) is 5.56 Å². The highest BCUT2D eigenvalue weighted by Gasteiger charge is 2.24. The number of aryl methyl sites for hydroxylation is 1. The van der Waals surface area contributed by atoms with Crippen molar-refractivity contribution in [3.63, 3.8) is 0 Å². The molecule has 3 aromatic rings. The Morgan fingerprint density at radius 3 is 2.76 bits per heavy atom. The second kappa shape index (κ2) is 6.39. The number of fused-ring (bicyclic) bond motifs is 1. The highest BCUT2D eigenvalue weighted by atomic mass is 16.5. The van der Waals surface area contributed by atoms with Gasteiger partial charge in [-0.05, 0) is 51.7 Å². The first-order chi connectivity index (χ1) is 12.3. The predicted molar refractivity (Wildman–Crippen MR) is 96.4 cm³/mol. The highest BCUT2D eigenvalue weighted by molar-refractivity contribution is 5.77. The van der Waals surface area contributed by atoms with Crippen molar-refractivity contribution in [3.8, 4) is 5.75 Å². The van der Waals surface area contributed by atoms with Crippen LogP contribution in [0.4, 0.5) is 5.95 Å². The van der Waals surface area contributed by atoms with E-state index in [-0.39, 0.29) is 6.04 Å². The fourth-order valence-corrected chi connectivity index (χ4v) is 3.01. The van der Waals surface area contributed by atoms with Crippen molar-refractivity contribution in [1.29, 1.82) is 0 Å². The molecule has 6 heteroatoms. The van der Waals surface area contributed by atoms with Crippen LogP contribution in [0.5, 0.6) is 5.75 Å². The van der Waals surface area contributed by atoms with Crippen LogP contribution in [0.25, 0.3) is 5.70 Å². The molecule has 6 nitrogen and oxygen atoms in total. The second-order valence-electron chi connectivity index (χ2n) is 5.92. The van der Waals surface area contributed by atoms with Crippen LogP contribution in [0.2, 0.25) is 0 Å². The van der Waals surface area contributed by atoms with Crippen LogP contribution < -0.4 is 10.1 Å². The maximum Gasteiger partial charge on any atom is 0.248 e. The lowest BCUT2D eigenvalue weighted by molar-refractivity contribution is 0.413. The van der Waals surface area contributed by atoms with Gasteiger partial charge in [-0.3, -0.25) is 0 Å². The monoisotopic (exact) mass is 333 g/mol. The van der Waals surface area contributed by atoms with Crippen molar-refractivity contribution in [1.82, 2.24) is 20.2 Å². The SMILES string of the molecule is CCc1ccc(C2=C[C@@H](c3cccc(OC)c3)n3nnnc3N2)cc1. The van der Waals surface area contributed by atoms with Gasteiger partial charge in [0.1, 0.15) is 11.8 Å². The summed E-state index contributed by atoms with van der Waals surface area (Å²) in [6.07, 6.45) is 3.16. The van der Waals surface area contributed by atoms with E-state index in [2.05, 4.69) is 64.2 Å². The first-order valence-corrected chi connectivity index (χ1v) is 8.28. The van der Waals surface area contributed by atoms with E-state index in [9.17, 15) is 0 Å². The fraction of sp³-hybridized carbons (Fsp3) is 0.211. The molecule has 0 aliphatic carbocycles. The van der Waals surface area contributed by atoms with E-state index >= 15 is 0 Å². The fourth-order valence-electron chi connectivity index (χ4n) is 3.01. The lowest BCUT2D eigenvalue weighted by atomic mass is 10.0. The molecule has 25 heavy (non-hydrogen) atoms. The summed E-state index contributed by atoms with van der Waals surface area (Å²) in [7, 11) is 1.67. The number of methoxy groups -OCH3 is 1. The number of ether oxygens (including phenoxy) is 1. The average molecular weight is 333 g/mol. The number of hydrogen-bond acceptors (Lipinski definition) is 5. The Kier molecular flexibility index (Phi) is 3.93. The van der Waals surface area contributed by atoms with Gasteiger partial charge in [0.15, 0.2) is 0 Å². The van der Waals surface area contributed by atoms with Crippen molar-refractivity contribution in [3.05, 3.63) is 71.3 Å². The molecule has 0 radical (unpaired) electrons. The molecule has 4 rings (SSSR count). The van der Waals surface area contributed by atoms with Gasteiger partial charge in [0, 0.05) is 5.70 Å². The lowest BCUT2D eigenvalue weighted by Crippen LogP contribution is -2.20. The van der Waals surface area contributed by atoms with Gasteiger partial charge in [-0.1, -0.05) is 48.4 Å². The minimum atomic E-state index is -0.0952. The Morgan fingerprint density at radius 1 is 1.16 bits per heavy atom. The van der Waals surface area contributed by atoms with Gasteiger partial charge < -0.3 is 10.1 Å². The topological polar surface area (TPSA) is 64.9 Å². The molecule has 0 spiro atoms. The van der Waals surface area contributed by atoms with Gasteiger partial charge in [0.2, 0.25) is 5.95 Å². The molecule has 2 heterocycles. The summed E-state index contributed by atoms with van der Waals surface area (Å²) in [4.78, 5) is 0. The maximum absolute atomic E-state index is 5.35. The Morgan fingerprint density at radius 2 is 2.00 bits per heavy atom.